The van der Waals surface area contributed by atoms with Crippen molar-refractivity contribution in [3.63, 3.8) is 0 Å². The molecule has 0 saturated heterocycles. The summed E-state index contributed by atoms with van der Waals surface area (Å²) in [6.07, 6.45) is 9.48. The van der Waals surface area contributed by atoms with E-state index >= 15 is 0 Å². The van der Waals surface area contributed by atoms with E-state index in [0.29, 0.717) is 18.7 Å². The molecule has 0 spiro atoms. The lowest BCUT2D eigenvalue weighted by Crippen LogP contribution is -2.07. The van der Waals surface area contributed by atoms with Gasteiger partial charge in [0.25, 0.3) is 0 Å². The smallest absolute Gasteiger partial charge is 0.339 e. The number of hydrogen-bond donors (Lipinski definition) is 2. The van der Waals surface area contributed by atoms with Crippen molar-refractivity contribution in [3.05, 3.63) is 24.0 Å². The fourth-order valence-electron chi connectivity index (χ4n) is 1.13. The Morgan fingerprint density at radius 3 is 3.13 bits per heavy atom. The van der Waals surface area contributed by atoms with Gasteiger partial charge in [-0.1, -0.05) is 0 Å². The SMILES string of the molecule is C#CCCCNc1ccncc1C(=O)O. The highest BCUT2D eigenvalue weighted by atomic mass is 16.4. The molecule has 2 N–H and O–H groups in total. The molecule has 1 aromatic rings. The van der Waals surface area contributed by atoms with Crippen LogP contribution in [0.2, 0.25) is 0 Å². The fraction of sp³-hybridized carbons (Fsp3) is 0.273. The lowest BCUT2D eigenvalue weighted by atomic mass is 10.2. The van der Waals surface area contributed by atoms with Crippen LogP contribution in [-0.2, 0) is 0 Å². The number of unbranched alkanes of at least 4 members (excludes halogenated alkanes) is 1. The molecule has 0 atom stereocenters. The molecular formula is C11H12N2O2. The van der Waals surface area contributed by atoms with E-state index in [1.807, 2.05) is 0 Å². The number of aromatic carboxylic acids is 1. The van der Waals surface area contributed by atoms with E-state index in [1.54, 1.807) is 12.3 Å². The second kappa shape index (κ2) is 5.66. The van der Waals surface area contributed by atoms with E-state index in [0.717, 1.165) is 6.42 Å². The number of nitrogens with zero attached hydrogens (tertiary/aromatic N) is 1. The number of carbonyl (C=O) groups is 1. The maximum absolute atomic E-state index is 10.8. The number of nitrogens with one attached hydrogen (secondary N) is 1. The van der Waals surface area contributed by atoms with Gasteiger partial charge in [-0.3, -0.25) is 4.98 Å². The Bertz CT molecular complexity index is 382. The van der Waals surface area contributed by atoms with Crippen LogP contribution in [0.5, 0.6) is 0 Å². The Balaban J connectivity index is 2.60. The van der Waals surface area contributed by atoms with Crippen LogP contribution in [0.1, 0.15) is 23.2 Å². The summed E-state index contributed by atoms with van der Waals surface area (Å²) in [6, 6.07) is 1.64. The lowest BCUT2D eigenvalue weighted by Gasteiger charge is -2.07. The van der Waals surface area contributed by atoms with E-state index in [-0.39, 0.29) is 5.56 Å². The number of hydrogen-bond acceptors (Lipinski definition) is 3. The topological polar surface area (TPSA) is 62.2 Å². The van der Waals surface area contributed by atoms with Crippen molar-refractivity contribution in [1.82, 2.24) is 4.98 Å². The van der Waals surface area contributed by atoms with Gasteiger partial charge < -0.3 is 10.4 Å². The first kappa shape index (κ1) is 11.1. The minimum atomic E-state index is -0.984. The molecule has 0 aliphatic rings. The zero-order valence-electron chi connectivity index (χ0n) is 8.23. The zero-order chi connectivity index (χ0) is 11.1. The molecule has 0 aromatic carbocycles. The number of carboxylic acids is 1. The number of terminal acetylenes is 1. The number of anilines is 1. The van der Waals surface area contributed by atoms with Gasteiger partial charge in [-0.05, 0) is 12.5 Å². The molecule has 15 heavy (non-hydrogen) atoms. The van der Waals surface area contributed by atoms with Gasteiger partial charge in [0.05, 0.1) is 5.69 Å². The Morgan fingerprint density at radius 2 is 2.47 bits per heavy atom. The van der Waals surface area contributed by atoms with Crippen LogP contribution in [0.3, 0.4) is 0 Å². The van der Waals surface area contributed by atoms with E-state index in [2.05, 4.69) is 16.2 Å². The third-order valence-corrected chi connectivity index (χ3v) is 1.86. The highest BCUT2D eigenvalue weighted by molar-refractivity contribution is 5.93. The summed E-state index contributed by atoms with van der Waals surface area (Å²) < 4.78 is 0. The first-order valence-corrected chi connectivity index (χ1v) is 4.60. The molecule has 0 saturated carbocycles. The highest BCUT2D eigenvalue weighted by Crippen LogP contribution is 2.13. The third-order valence-electron chi connectivity index (χ3n) is 1.86. The van der Waals surface area contributed by atoms with Crippen LogP contribution < -0.4 is 5.32 Å². The van der Waals surface area contributed by atoms with Gasteiger partial charge in [0.2, 0.25) is 0 Å². The summed E-state index contributed by atoms with van der Waals surface area (Å²) in [6.45, 7) is 0.661. The molecule has 1 heterocycles. The maximum Gasteiger partial charge on any atom is 0.339 e. The van der Waals surface area contributed by atoms with Crippen molar-refractivity contribution in [1.29, 1.82) is 0 Å². The molecule has 0 aliphatic carbocycles. The van der Waals surface area contributed by atoms with Gasteiger partial charge >= 0.3 is 5.97 Å². The Hall–Kier alpha value is -2.02. The van der Waals surface area contributed by atoms with Crippen LogP contribution in [0.25, 0.3) is 0 Å². The van der Waals surface area contributed by atoms with E-state index in [1.165, 1.54) is 6.20 Å². The molecule has 0 bridgehead atoms. The van der Waals surface area contributed by atoms with Crippen molar-refractivity contribution in [2.24, 2.45) is 0 Å². The van der Waals surface area contributed by atoms with Crippen molar-refractivity contribution in [2.75, 3.05) is 11.9 Å². The summed E-state index contributed by atoms with van der Waals surface area (Å²) in [7, 11) is 0. The number of aromatic nitrogens is 1. The molecule has 0 fully saturated rings. The van der Waals surface area contributed by atoms with Crippen molar-refractivity contribution >= 4 is 11.7 Å². The summed E-state index contributed by atoms with van der Waals surface area (Å²) >= 11 is 0. The molecule has 1 aromatic heterocycles. The average Bonchev–Trinajstić information content (AvgIpc) is 2.25. The Morgan fingerprint density at radius 1 is 1.67 bits per heavy atom. The maximum atomic E-state index is 10.8. The first-order valence-electron chi connectivity index (χ1n) is 4.60. The minimum absolute atomic E-state index is 0.179. The zero-order valence-corrected chi connectivity index (χ0v) is 8.23. The normalized spacial score (nSPS) is 9.27. The van der Waals surface area contributed by atoms with Gasteiger partial charge in [0.15, 0.2) is 0 Å². The van der Waals surface area contributed by atoms with Gasteiger partial charge in [0, 0.05) is 25.4 Å². The number of rotatable bonds is 5. The van der Waals surface area contributed by atoms with E-state index in [9.17, 15) is 4.79 Å². The van der Waals surface area contributed by atoms with Gasteiger partial charge in [-0.15, -0.1) is 12.3 Å². The first-order chi connectivity index (χ1) is 7.25. The third kappa shape index (κ3) is 3.31. The monoisotopic (exact) mass is 204 g/mol. The predicted octanol–water partition coefficient (Wildman–Crippen LogP) is 1.61. The van der Waals surface area contributed by atoms with Crippen LogP contribution in [-0.4, -0.2) is 22.6 Å². The van der Waals surface area contributed by atoms with Gasteiger partial charge in [-0.2, -0.15) is 0 Å². The van der Waals surface area contributed by atoms with Crippen molar-refractivity contribution < 1.29 is 9.90 Å². The molecule has 0 aliphatic heterocycles. The quantitative estimate of drug-likeness (QED) is 0.565. The summed E-state index contributed by atoms with van der Waals surface area (Å²) in [5.74, 6) is 1.54. The lowest BCUT2D eigenvalue weighted by molar-refractivity contribution is 0.0697. The molecule has 78 valence electrons. The second-order valence-corrected chi connectivity index (χ2v) is 2.96. The molecule has 4 heteroatoms. The highest BCUT2D eigenvalue weighted by Gasteiger charge is 2.08. The number of pyridine rings is 1. The van der Waals surface area contributed by atoms with Gasteiger partial charge in [0.1, 0.15) is 5.56 Å². The van der Waals surface area contributed by atoms with E-state index in [4.69, 9.17) is 11.5 Å². The molecular weight excluding hydrogens is 192 g/mol. The summed E-state index contributed by atoms with van der Waals surface area (Å²) in [5, 5.41) is 11.9. The molecule has 0 unspecified atom stereocenters. The van der Waals surface area contributed by atoms with Crippen LogP contribution in [0.4, 0.5) is 5.69 Å². The fourth-order valence-corrected chi connectivity index (χ4v) is 1.13. The standard InChI is InChI=1S/C11H12N2O2/c1-2-3-4-6-13-10-5-7-12-8-9(10)11(14)15/h1,5,7-8H,3-4,6H2,(H,12,13)(H,14,15). The van der Waals surface area contributed by atoms with Gasteiger partial charge in [-0.25, -0.2) is 4.79 Å². The average molecular weight is 204 g/mol. The Labute approximate surface area is 88.3 Å². The molecule has 1 rings (SSSR count). The molecule has 0 amide bonds. The van der Waals surface area contributed by atoms with Crippen molar-refractivity contribution in [3.8, 4) is 12.3 Å². The molecule has 4 nitrogen and oxygen atoms in total. The predicted molar refractivity (Wildman–Crippen MR) is 57.8 cm³/mol. The largest absolute Gasteiger partial charge is 0.478 e. The van der Waals surface area contributed by atoms with Crippen molar-refractivity contribution in [2.45, 2.75) is 12.8 Å². The van der Waals surface area contributed by atoms with Crippen LogP contribution in [0.15, 0.2) is 18.5 Å². The summed E-state index contributed by atoms with van der Waals surface area (Å²) in [5.41, 5.74) is 0.757. The Kier molecular flexibility index (Phi) is 4.17. The van der Waals surface area contributed by atoms with E-state index < -0.39 is 5.97 Å². The molecule has 0 radical (unpaired) electrons. The minimum Gasteiger partial charge on any atom is -0.478 e. The summed E-state index contributed by atoms with van der Waals surface area (Å²) in [4.78, 5) is 14.6. The van der Waals surface area contributed by atoms with Crippen LogP contribution in [0, 0.1) is 12.3 Å². The number of carboxylic acid groups (broad SMARTS) is 1. The van der Waals surface area contributed by atoms with Crippen LogP contribution >= 0.6 is 0 Å². The second-order valence-electron chi connectivity index (χ2n) is 2.96.